The number of nitrogens with zero attached hydrogens (tertiary/aromatic N) is 4. The summed E-state index contributed by atoms with van der Waals surface area (Å²) in [5, 5.41) is 13.2. The van der Waals surface area contributed by atoms with E-state index in [0.717, 1.165) is 48.6 Å². The second kappa shape index (κ2) is 9.74. The molecule has 0 radical (unpaired) electrons. The first-order valence-corrected chi connectivity index (χ1v) is 11.2. The summed E-state index contributed by atoms with van der Waals surface area (Å²) in [6.45, 7) is 0.796. The van der Waals surface area contributed by atoms with Gasteiger partial charge in [-0.2, -0.15) is 8.78 Å². The Morgan fingerprint density at radius 3 is 2.56 bits per heavy atom. The van der Waals surface area contributed by atoms with Crippen LogP contribution in [0, 0.1) is 0 Å². The molecule has 0 aliphatic carbocycles. The van der Waals surface area contributed by atoms with Gasteiger partial charge in [0.1, 0.15) is 24.0 Å². The van der Waals surface area contributed by atoms with Crippen LogP contribution in [-0.4, -0.2) is 52.4 Å². The number of aliphatic hydroxyl groups excluding tert-OH is 1. The Kier molecular flexibility index (Phi) is 6.37. The van der Waals surface area contributed by atoms with Crippen LogP contribution in [0.25, 0.3) is 22.2 Å². The van der Waals surface area contributed by atoms with Crippen LogP contribution in [0.5, 0.6) is 5.75 Å². The molecule has 1 fully saturated rings. The minimum Gasteiger partial charge on any atom is -0.434 e. The van der Waals surface area contributed by atoms with Crippen molar-refractivity contribution < 1.29 is 18.6 Å². The van der Waals surface area contributed by atoms with Crippen LogP contribution in [0.1, 0.15) is 11.4 Å². The van der Waals surface area contributed by atoms with Gasteiger partial charge < -0.3 is 24.6 Å². The summed E-state index contributed by atoms with van der Waals surface area (Å²) in [6.07, 6.45) is 1.86. The zero-order valence-corrected chi connectivity index (χ0v) is 18.5. The monoisotopic (exact) mass is 465 g/mol. The molecular weight excluding hydrogens is 440 g/mol. The lowest BCUT2D eigenvalue weighted by atomic mass is 10.1. The molecule has 9 heteroatoms. The Morgan fingerprint density at radius 1 is 1.03 bits per heavy atom. The lowest BCUT2D eigenvalue weighted by Crippen LogP contribution is -2.43. The van der Waals surface area contributed by atoms with Gasteiger partial charge in [-0.05, 0) is 35.9 Å². The average Bonchev–Trinajstić information content (AvgIpc) is 3.22. The number of imidazole rings is 1. The van der Waals surface area contributed by atoms with Crippen LogP contribution in [0.15, 0.2) is 60.8 Å². The fraction of sp³-hybridized carbons (Fsp3) is 0.280. The largest absolute Gasteiger partial charge is 0.434 e. The summed E-state index contributed by atoms with van der Waals surface area (Å²) in [5.74, 6) is 1.51. The van der Waals surface area contributed by atoms with E-state index >= 15 is 0 Å². The van der Waals surface area contributed by atoms with Gasteiger partial charge in [0.2, 0.25) is 0 Å². The molecule has 34 heavy (non-hydrogen) atoms. The van der Waals surface area contributed by atoms with Crippen molar-refractivity contribution in [2.45, 2.75) is 19.8 Å². The van der Waals surface area contributed by atoms with Crippen molar-refractivity contribution in [3.63, 3.8) is 0 Å². The van der Waals surface area contributed by atoms with Gasteiger partial charge in [0.25, 0.3) is 0 Å². The van der Waals surface area contributed by atoms with E-state index < -0.39 is 6.61 Å². The first-order valence-electron chi connectivity index (χ1n) is 11.2. The number of halogens is 2. The van der Waals surface area contributed by atoms with Gasteiger partial charge in [0.05, 0.1) is 17.6 Å². The molecular formula is C25H25F2N5O2. The van der Waals surface area contributed by atoms with Gasteiger partial charge in [0, 0.05) is 43.5 Å². The van der Waals surface area contributed by atoms with E-state index in [1.165, 1.54) is 6.07 Å². The summed E-state index contributed by atoms with van der Waals surface area (Å²) < 4.78 is 32.3. The van der Waals surface area contributed by atoms with Crippen LogP contribution in [0.3, 0.4) is 0 Å². The Bertz CT molecular complexity index is 1270. The van der Waals surface area contributed by atoms with Gasteiger partial charge in [-0.1, -0.05) is 24.3 Å². The van der Waals surface area contributed by atoms with Crippen LogP contribution >= 0.6 is 0 Å². The molecule has 1 aliphatic rings. The fourth-order valence-electron chi connectivity index (χ4n) is 4.30. The number of anilines is 1. The van der Waals surface area contributed by atoms with Gasteiger partial charge in [-0.15, -0.1) is 0 Å². The highest BCUT2D eigenvalue weighted by Gasteiger charge is 2.16. The minimum atomic E-state index is -2.92. The number of rotatable bonds is 7. The number of ether oxygens (including phenoxy) is 1. The summed E-state index contributed by atoms with van der Waals surface area (Å²) in [4.78, 5) is 11.4. The number of fused-ring (bicyclic) bond motifs is 1. The highest BCUT2D eigenvalue weighted by Crippen LogP contribution is 2.28. The van der Waals surface area contributed by atoms with Crippen LogP contribution in [-0.2, 0) is 13.2 Å². The van der Waals surface area contributed by atoms with Crippen molar-refractivity contribution in [2.24, 2.45) is 0 Å². The first kappa shape index (κ1) is 22.2. The standard InChI is InChI=1S/C25H25F2N5O2/c26-25(27)34-22-4-2-1-3-19(22)15-32-21-13-17(5-7-20(21)30-24(32)16-33)18-6-8-23(29-14-18)31-11-9-28-10-12-31/h1-8,13-14,25,28,33H,9-12,15-16H2. The van der Waals surface area contributed by atoms with Crippen molar-refractivity contribution in [1.29, 1.82) is 0 Å². The van der Waals surface area contributed by atoms with E-state index in [1.807, 2.05) is 41.1 Å². The Balaban J connectivity index is 1.48. The number of aromatic nitrogens is 3. The maximum absolute atomic E-state index is 12.9. The molecule has 7 nitrogen and oxygen atoms in total. The molecule has 0 spiro atoms. The third-order valence-corrected chi connectivity index (χ3v) is 6.01. The molecule has 1 saturated heterocycles. The lowest BCUT2D eigenvalue weighted by molar-refractivity contribution is -0.0504. The molecule has 0 bridgehead atoms. The molecule has 0 saturated carbocycles. The first-order chi connectivity index (χ1) is 16.6. The number of aliphatic hydroxyl groups is 1. The van der Waals surface area contributed by atoms with Gasteiger partial charge >= 0.3 is 6.61 Å². The van der Waals surface area contributed by atoms with E-state index in [9.17, 15) is 13.9 Å². The SMILES string of the molecule is OCc1nc2ccc(-c3ccc(N4CCNCC4)nc3)cc2n1Cc1ccccc1OC(F)F. The number of para-hydroxylation sites is 1. The fourth-order valence-corrected chi connectivity index (χ4v) is 4.30. The Hall–Kier alpha value is -3.56. The van der Waals surface area contributed by atoms with Crippen molar-refractivity contribution in [3.05, 3.63) is 72.2 Å². The third-order valence-electron chi connectivity index (χ3n) is 6.01. The summed E-state index contributed by atoms with van der Waals surface area (Å²) in [7, 11) is 0. The molecule has 5 rings (SSSR count). The summed E-state index contributed by atoms with van der Waals surface area (Å²) in [5.41, 5.74) is 3.99. The van der Waals surface area contributed by atoms with Crippen molar-refractivity contribution >= 4 is 16.9 Å². The zero-order valence-electron chi connectivity index (χ0n) is 18.5. The van der Waals surface area contributed by atoms with E-state index in [1.54, 1.807) is 18.2 Å². The molecule has 1 aliphatic heterocycles. The topological polar surface area (TPSA) is 75.4 Å². The number of pyridine rings is 1. The number of benzene rings is 2. The molecule has 0 atom stereocenters. The third kappa shape index (κ3) is 4.57. The van der Waals surface area contributed by atoms with E-state index in [0.29, 0.717) is 16.9 Å². The number of piperazine rings is 1. The highest BCUT2D eigenvalue weighted by molar-refractivity contribution is 5.83. The van der Waals surface area contributed by atoms with Gasteiger partial charge in [-0.3, -0.25) is 0 Å². The lowest BCUT2D eigenvalue weighted by Gasteiger charge is -2.28. The van der Waals surface area contributed by atoms with Crippen molar-refractivity contribution in [2.75, 3.05) is 31.1 Å². The molecule has 176 valence electrons. The van der Waals surface area contributed by atoms with Crippen LogP contribution in [0.4, 0.5) is 14.6 Å². The predicted molar refractivity (Wildman–Crippen MR) is 126 cm³/mol. The molecule has 2 N–H and O–H groups in total. The minimum absolute atomic E-state index is 0.104. The summed E-state index contributed by atoms with van der Waals surface area (Å²) in [6, 6.07) is 16.6. The molecule has 2 aromatic heterocycles. The molecule has 0 amide bonds. The number of hydrogen-bond donors (Lipinski definition) is 2. The molecule has 3 heterocycles. The maximum Gasteiger partial charge on any atom is 0.387 e. The normalized spacial score (nSPS) is 14.2. The van der Waals surface area contributed by atoms with Crippen molar-refractivity contribution in [3.8, 4) is 16.9 Å². The van der Waals surface area contributed by atoms with Crippen LogP contribution < -0.4 is 15.0 Å². The van der Waals surface area contributed by atoms with E-state index in [-0.39, 0.29) is 18.9 Å². The quantitative estimate of drug-likeness (QED) is 0.434. The Labute approximate surface area is 195 Å². The van der Waals surface area contributed by atoms with Gasteiger partial charge in [0.15, 0.2) is 0 Å². The van der Waals surface area contributed by atoms with Gasteiger partial charge in [-0.25, -0.2) is 9.97 Å². The molecule has 2 aromatic carbocycles. The summed E-state index contributed by atoms with van der Waals surface area (Å²) >= 11 is 0. The zero-order chi connectivity index (χ0) is 23.5. The molecule has 4 aromatic rings. The number of hydrogen-bond acceptors (Lipinski definition) is 6. The second-order valence-corrected chi connectivity index (χ2v) is 8.10. The average molecular weight is 466 g/mol. The number of alkyl halides is 2. The van der Waals surface area contributed by atoms with E-state index in [4.69, 9.17) is 0 Å². The van der Waals surface area contributed by atoms with Crippen LogP contribution in [0.2, 0.25) is 0 Å². The smallest absolute Gasteiger partial charge is 0.387 e. The maximum atomic E-state index is 12.9. The van der Waals surface area contributed by atoms with Crippen molar-refractivity contribution in [1.82, 2.24) is 19.9 Å². The Morgan fingerprint density at radius 2 is 1.82 bits per heavy atom. The van der Waals surface area contributed by atoms with E-state index in [2.05, 4.69) is 24.9 Å². The highest BCUT2D eigenvalue weighted by atomic mass is 19.3. The predicted octanol–water partition coefficient (Wildman–Crippen LogP) is 3.65. The number of nitrogens with one attached hydrogen (secondary N) is 1. The second-order valence-electron chi connectivity index (χ2n) is 8.10. The molecule has 0 unspecified atom stereocenters.